The lowest BCUT2D eigenvalue weighted by Gasteiger charge is -2.27. The predicted molar refractivity (Wildman–Crippen MR) is 71.9 cm³/mol. The van der Waals surface area contributed by atoms with Crippen molar-refractivity contribution >= 4 is 5.69 Å². The molecule has 2 N–H and O–H groups in total. The van der Waals surface area contributed by atoms with Crippen molar-refractivity contribution in [1.82, 2.24) is 4.90 Å². The largest absolute Gasteiger partial charge is 0.389 e. The minimum Gasteiger partial charge on any atom is -0.389 e. The van der Waals surface area contributed by atoms with Gasteiger partial charge in [-0.15, -0.1) is 0 Å². The summed E-state index contributed by atoms with van der Waals surface area (Å²) in [5.74, 6) is 0. The number of non-ortho nitro benzene ring substituents is 1. The van der Waals surface area contributed by atoms with E-state index in [1.807, 2.05) is 0 Å². The predicted octanol–water partition coefficient (Wildman–Crippen LogP) is 1.33. The Kier molecular flexibility index (Phi) is 4.99. The molecule has 19 heavy (non-hydrogen) atoms. The Morgan fingerprint density at radius 3 is 2.63 bits per heavy atom. The molecule has 1 aromatic carbocycles. The standard InChI is InChI=1S/C13H20N2O4/c1-13(2,17)9-14(3)8-12(16)10-5-4-6-11(7-10)15(18)19/h4-7,12,16-17H,8-9H2,1-3H3. The van der Waals surface area contributed by atoms with Gasteiger partial charge >= 0.3 is 0 Å². The third kappa shape index (κ3) is 5.34. The van der Waals surface area contributed by atoms with Crippen molar-refractivity contribution in [3.63, 3.8) is 0 Å². The average Bonchev–Trinajstić information content (AvgIpc) is 2.26. The molecule has 0 radical (unpaired) electrons. The second-order valence-electron chi connectivity index (χ2n) is 5.38. The number of likely N-dealkylation sites (N-methyl/N-ethyl adjacent to an activating group) is 1. The first-order valence-electron chi connectivity index (χ1n) is 6.02. The van der Waals surface area contributed by atoms with Crippen LogP contribution in [0.2, 0.25) is 0 Å². The summed E-state index contributed by atoms with van der Waals surface area (Å²) in [5.41, 5.74) is -0.393. The SMILES string of the molecule is CN(CC(O)c1cccc([N+](=O)[O-])c1)CC(C)(C)O. The number of benzene rings is 1. The molecule has 1 aromatic rings. The molecule has 1 unspecified atom stereocenters. The molecule has 0 aromatic heterocycles. The average molecular weight is 268 g/mol. The van der Waals surface area contributed by atoms with Crippen molar-refractivity contribution < 1.29 is 15.1 Å². The van der Waals surface area contributed by atoms with Gasteiger partial charge in [0.25, 0.3) is 5.69 Å². The smallest absolute Gasteiger partial charge is 0.269 e. The molecule has 6 heteroatoms. The first-order valence-corrected chi connectivity index (χ1v) is 6.02. The van der Waals surface area contributed by atoms with Crippen LogP contribution in [-0.4, -0.2) is 45.8 Å². The van der Waals surface area contributed by atoms with Gasteiger partial charge < -0.3 is 15.1 Å². The van der Waals surface area contributed by atoms with Crippen LogP contribution in [0, 0.1) is 10.1 Å². The Morgan fingerprint density at radius 2 is 2.11 bits per heavy atom. The zero-order valence-corrected chi connectivity index (χ0v) is 11.4. The zero-order chi connectivity index (χ0) is 14.6. The molecule has 0 aliphatic carbocycles. The summed E-state index contributed by atoms with van der Waals surface area (Å²) in [6.45, 7) is 4.07. The Hall–Kier alpha value is -1.50. The fourth-order valence-corrected chi connectivity index (χ4v) is 1.97. The fourth-order valence-electron chi connectivity index (χ4n) is 1.97. The maximum absolute atomic E-state index is 10.7. The molecule has 0 amide bonds. The van der Waals surface area contributed by atoms with Crippen LogP contribution in [-0.2, 0) is 0 Å². The molecule has 106 valence electrons. The monoisotopic (exact) mass is 268 g/mol. The van der Waals surface area contributed by atoms with Gasteiger partial charge in [0.05, 0.1) is 16.6 Å². The summed E-state index contributed by atoms with van der Waals surface area (Å²) in [5, 5.41) is 30.4. The zero-order valence-electron chi connectivity index (χ0n) is 11.4. The Balaban J connectivity index is 2.70. The van der Waals surface area contributed by atoms with E-state index in [9.17, 15) is 20.3 Å². The minimum atomic E-state index is -0.850. The topological polar surface area (TPSA) is 86.8 Å². The lowest BCUT2D eigenvalue weighted by atomic mass is 10.1. The van der Waals surface area contributed by atoms with Crippen LogP contribution in [0.15, 0.2) is 24.3 Å². The second-order valence-corrected chi connectivity index (χ2v) is 5.38. The Morgan fingerprint density at radius 1 is 1.47 bits per heavy atom. The van der Waals surface area contributed by atoms with Gasteiger partial charge in [-0.05, 0) is 26.5 Å². The first-order chi connectivity index (χ1) is 8.69. The van der Waals surface area contributed by atoms with Crippen LogP contribution in [0.3, 0.4) is 0 Å². The van der Waals surface area contributed by atoms with Crippen molar-refractivity contribution in [2.75, 3.05) is 20.1 Å². The van der Waals surface area contributed by atoms with Gasteiger partial charge in [-0.2, -0.15) is 0 Å². The van der Waals surface area contributed by atoms with Crippen molar-refractivity contribution in [3.05, 3.63) is 39.9 Å². The van der Waals surface area contributed by atoms with E-state index in [0.29, 0.717) is 18.7 Å². The van der Waals surface area contributed by atoms with E-state index in [4.69, 9.17) is 0 Å². The van der Waals surface area contributed by atoms with Gasteiger partial charge in [0.1, 0.15) is 0 Å². The second kappa shape index (κ2) is 6.10. The summed E-state index contributed by atoms with van der Waals surface area (Å²) in [7, 11) is 1.78. The number of rotatable bonds is 6. The van der Waals surface area contributed by atoms with Gasteiger partial charge in [-0.1, -0.05) is 12.1 Å². The van der Waals surface area contributed by atoms with Crippen LogP contribution in [0.5, 0.6) is 0 Å². The summed E-state index contributed by atoms with van der Waals surface area (Å²) in [4.78, 5) is 12.0. The molecule has 0 aliphatic rings. The first kappa shape index (κ1) is 15.6. The Labute approximate surface area is 112 Å². The number of nitro groups is 1. The van der Waals surface area contributed by atoms with E-state index in [0.717, 1.165) is 0 Å². The highest BCUT2D eigenvalue weighted by Gasteiger charge is 2.19. The highest BCUT2D eigenvalue weighted by Crippen LogP contribution is 2.20. The fraction of sp³-hybridized carbons (Fsp3) is 0.538. The summed E-state index contributed by atoms with van der Waals surface area (Å²) >= 11 is 0. The molecule has 1 atom stereocenters. The minimum absolute atomic E-state index is 0.0401. The normalized spacial score (nSPS) is 13.6. The lowest BCUT2D eigenvalue weighted by molar-refractivity contribution is -0.385. The Bertz CT molecular complexity index is 443. The van der Waals surface area contributed by atoms with Gasteiger partial charge in [-0.3, -0.25) is 10.1 Å². The molecule has 0 spiro atoms. The molecule has 0 bridgehead atoms. The van der Waals surface area contributed by atoms with Gasteiger partial charge in [0.2, 0.25) is 0 Å². The van der Waals surface area contributed by atoms with Gasteiger partial charge in [-0.25, -0.2) is 0 Å². The molecule has 1 rings (SSSR count). The number of nitro benzene ring substituents is 1. The van der Waals surface area contributed by atoms with E-state index in [1.54, 1.807) is 37.9 Å². The number of aliphatic hydroxyl groups is 2. The van der Waals surface area contributed by atoms with Crippen LogP contribution in [0.1, 0.15) is 25.5 Å². The lowest BCUT2D eigenvalue weighted by Crippen LogP contribution is -2.38. The summed E-state index contributed by atoms with van der Waals surface area (Å²) in [6.07, 6.45) is -0.827. The number of nitrogens with zero attached hydrogens (tertiary/aromatic N) is 2. The van der Waals surface area contributed by atoms with E-state index < -0.39 is 16.6 Å². The third-order valence-electron chi connectivity index (χ3n) is 2.61. The highest BCUT2D eigenvalue weighted by molar-refractivity contribution is 5.35. The molecule has 0 aliphatic heterocycles. The summed E-state index contributed by atoms with van der Waals surface area (Å²) in [6, 6.07) is 5.95. The van der Waals surface area contributed by atoms with Crippen LogP contribution < -0.4 is 0 Å². The van der Waals surface area contributed by atoms with E-state index >= 15 is 0 Å². The molecule has 0 saturated heterocycles. The third-order valence-corrected chi connectivity index (χ3v) is 2.61. The molecule has 0 heterocycles. The van der Waals surface area contributed by atoms with Crippen LogP contribution in [0.25, 0.3) is 0 Å². The van der Waals surface area contributed by atoms with E-state index in [1.165, 1.54) is 12.1 Å². The van der Waals surface area contributed by atoms with Crippen molar-refractivity contribution in [3.8, 4) is 0 Å². The highest BCUT2D eigenvalue weighted by atomic mass is 16.6. The summed E-state index contributed by atoms with van der Waals surface area (Å²) < 4.78 is 0. The van der Waals surface area contributed by atoms with Crippen molar-refractivity contribution in [2.24, 2.45) is 0 Å². The molecule has 6 nitrogen and oxygen atoms in total. The van der Waals surface area contributed by atoms with Crippen LogP contribution >= 0.6 is 0 Å². The van der Waals surface area contributed by atoms with Crippen molar-refractivity contribution in [2.45, 2.75) is 25.6 Å². The number of hydrogen-bond donors (Lipinski definition) is 2. The number of aliphatic hydroxyl groups excluding tert-OH is 1. The van der Waals surface area contributed by atoms with Crippen molar-refractivity contribution in [1.29, 1.82) is 0 Å². The molecular formula is C13H20N2O4. The number of hydrogen-bond acceptors (Lipinski definition) is 5. The van der Waals surface area contributed by atoms with Gasteiger partial charge in [0, 0.05) is 25.2 Å². The molecule has 0 saturated carbocycles. The van der Waals surface area contributed by atoms with E-state index in [-0.39, 0.29) is 5.69 Å². The maximum Gasteiger partial charge on any atom is 0.269 e. The molecule has 0 fully saturated rings. The van der Waals surface area contributed by atoms with Crippen LogP contribution in [0.4, 0.5) is 5.69 Å². The van der Waals surface area contributed by atoms with E-state index in [2.05, 4.69) is 0 Å². The van der Waals surface area contributed by atoms with Gasteiger partial charge in [0.15, 0.2) is 0 Å². The quantitative estimate of drug-likeness (QED) is 0.600. The molecular weight excluding hydrogens is 248 g/mol. The maximum atomic E-state index is 10.7.